The third-order valence-corrected chi connectivity index (χ3v) is 12.3. The van der Waals surface area contributed by atoms with Crippen molar-refractivity contribution >= 4 is 33.1 Å². The van der Waals surface area contributed by atoms with Crippen molar-refractivity contribution in [2.75, 3.05) is 0 Å². The number of benzene rings is 5. The first-order valence-corrected chi connectivity index (χ1v) is 20.1. The summed E-state index contributed by atoms with van der Waals surface area (Å²) < 4.78 is 0. The van der Waals surface area contributed by atoms with E-state index in [9.17, 15) is 0 Å². The first kappa shape index (κ1) is 33.8. The lowest BCUT2D eigenvalue weighted by atomic mass is 9.76. The van der Waals surface area contributed by atoms with Crippen molar-refractivity contribution in [2.45, 2.75) is 63.8 Å². The van der Waals surface area contributed by atoms with Gasteiger partial charge in [-0.3, -0.25) is 10.3 Å². The van der Waals surface area contributed by atoms with E-state index in [1.165, 1.54) is 60.8 Å². The molecule has 0 fully saturated rings. The van der Waals surface area contributed by atoms with Gasteiger partial charge in [-0.2, -0.15) is 0 Å². The smallest absolute Gasteiger partial charge is 0.132 e. The Morgan fingerprint density at radius 2 is 1.45 bits per heavy atom. The van der Waals surface area contributed by atoms with Gasteiger partial charge in [-0.25, -0.2) is 4.99 Å². The van der Waals surface area contributed by atoms with E-state index in [1.807, 2.05) is 0 Å². The quantitative estimate of drug-likeness (QED) is 0.164. The molecule has 5 aromatic rings. The van der Waals surface area contributed by atoms with Gasteiger partial charge in [-0.1, -0.05) is 146 Å². The number of nitrogens with one attached hydrogen (secondary N) is 3. The fourth-order valence-corrected chi connectivity index (χ4v) is 9.44. The molecule has 0 saturated heterocycles. The van der Waals surface area contributed by atoms with Crippen LogP contribution in [0.5, 0.6) is 0 Å². The topological polar surface area (TPSA) is 60.8 Å². The lowest BCUT2D eigenvalue weighted by molar-refractivity contribution is 0.227. The minimum absolute atomic E-state index is 0.0488. The second-order valence-electron chi connectivity index (χ2n) is 15.7. The van der Waals surface area contributed by atoms with Crippen molar-refractivity contribution in [1.29, 1.82) is 0 Å². The van der Waals surface area contributed by atoms with Crippen molar-refractivity contribution in [3.8, 4) is 0 Å². The van der Waals surface area contributed by atoms with Crippen molar-refractivity contribution in [2.24, 2.45) is 21.8 Å². The van der Waals surface area contributed by atoms with E-state index in [1.54, 1.807) is 0 Å². The summed E-state index contributed by atoms with van der Waals surface area (Å²) in [6, 6.07) is 41.3. The molecule has 5 unspecified atom stereocenters. The second kappa shape index (κ2) is 14.5. The molecule has 10 rings (SSSR count). The molecule has 0 spiro atoms. The third kappa shape index (κ3) is 6.47. The van der Waals surface area contributed by atoms with Crippen LogP contribution >= 0.6 is 0 Å². The third-order valence-electron chi connectivity index (χ3n) is 12.3. The monoisotopic (exact) mass is 717 g/mol. The lowest BCUT2D eigenvalue weighted by Crippen LogP contribution is -2.56. The van der Waals surface area contributed by atoms with E-state index in [0.29, 0.717) is 11.8 Å². The van der Waals surface area contributed by atoms with Crippen LogP contribution in [0.4, 0.5) is 0 Å². The molecule has 5 heteroatoms. The Kier molecular flexibility index (Phi) is 8.88. The Morgan fingerprint density at radius 1 is 0.691 bits per heavy atom. The molecule has 0 bridgehead atoms. The molecule has 0 radical (unpaired) electrons. The van der Waals surface area contributed by atoms with E-state index >= 15 is 0 Å². The van der Waals surface area contributed by atoms with E-state index in [2.05, 4.69) is 169 Å². The van der Waals surface area contributed by atoms with Gasteiger partial charge in [0, 0.05) is 5.56 Å². The molecule has 5 atom stereocenters. The molecule has 5 aromatic carbocycles. The minimum Gasteiger partial charge on any atom is -0.371 e. The summed E-state index contributed by atoms with van der Waals surface area (Å²) in [6.07, 6.45) is 18.1. The van der Waals surface area contributed by atoms with Gasteiger partial charge in [0.05, 0.1) is 29.3 Å². The Hall–Kier alpha value is -5.78. The summed E-state index contributed by atoms with van der Waals surface area (Å²) in [7, 11) is 0. The molecule has 0 aromatic heterocycles. The predicted octanol–water partition coefficient (Wildman–Crippen LogP) is 10.6. The SMILES string of the molecule is CC1C=C(C2=CC3=C(CC2)N=C(c2ccccc2)C(C2=CCCC=C2)N3)CCC1C1NC(c2cccc3ccccc23)=NC(c2cccc3ccccc23)N1. The summed E-state index contributed by atoms with van der Waals surface area (Å²) in [5, 5.41) is 16.9. The average molecular weight is 718 g/mol. The summed E-state index contributed by atoms with van der Waals surface area (Å²) in [4.78, 5) is 10.8. The molecule has 272 valence electrons. The number of hydrogen-bond acceptors (Lipinski definition) is 5. The lowest BCUT2D eigenvalue weighted by Gasteiger charge is -2.41. The fourth-order valence-electron chi connectivity index (χ4n) is 9.44. The second-order valence-corrected chi connectivity index (χ2v) is 15.7. The number of hydrogen-bond donors (Lipinski definition) is 3. The zero-order valence-corrected chi connectivity index (χ0v) is 31.4. The van der Waals surface area contributed by atoms with Crippen molar-refractivity contribution < 1.29 is 0 Å². The van der Waals surface area contributed by atoms with E-state index in [4.69, 9.17) is 9.98 Å². The predicted molar refractivity (Wildman–Crippen MR) is 228 cm³/mol. The van der Waals surface area contributed by atoms with Gasteiger partial charge in [-0.05, 0) is 106 Å². The average Bonchev–Trinajstić information content (AvgIpc) is 3.25. The normalized spacial score (nSPS) is 25.2. The van der Waals surface area contributed by atoms with Crippen LogP contribution in [0, 0.1) is 11.8 Å². The number of amidine groups is 1. The standard InChI is InChI=1S/C50H47N5/c1-32-30-37(38-27-29-44-45(31-38)52-47(36-18-6-3-7-19-36)46(51-44)35-16-4-2-5-17-35)26-28-39(32)48-53-49(42-24-12-20-33-14-8-10-22-40(33)42)55-50(54-48)43-25-13-21-34-15-9-11-23-41(34)43/h2,4-6,8-25,30-32,39,47-49,52-53H,3,7,26-29H2,1H3,(H,54,55). The summed E-state index contributed by atoms with van der Waals surface area (Å²) in [5.74, 6) is 1.73. The van der Waals surface area contributed by atoms with Crippen molar-refractivity contribution in [1.82, 2.24) is 16.0 Å². The van der Waals surface area contributed by atoms with Gasteiger partial charge in [0.2, 0.25) is 0 Å². The first-order chi connectivity index (χ1) is 27.2. The van der Waals surface area contributed by atoms with Crippen LogP contribution in [0.3, 0.4) is 0 Å². The zero-order valence-electron chi connectivity index (χ0n) is 31.4. The molecule has 5 nitrogen and oxygen atoms in total. The van der Waals surface area contributed by atoms with Gasteiger partial charge in [0.25, 0.3) is 0 Å². The van der Waals surface area contributed by atoms with Crippen LogP contribution in [0.2, 0.25) is 0 Å². The summed E-state index contributed by atoms with van der Waals surface area (Å²) in [6.45, 7) is 2.41. The van der Waals surface area contributed by atoms with Crippen LogP contribution < -0.4 is 16.0 Å². The number of aliphatic imine (C=N–C) groups is 2. The molecule has 5 aliphatic rings. The summed E-state index contributed by atoms with van der Waals surface area (Å²) in [5.41, 5.74) is 11.3. The van der Waals surface area contributed by atoms with Crippen LogP contribution in [0.15, 0.2) is 184 Å². The number of rotatable bonds is 6. The van der Waals surface area contributed by atoms with Crippen molar-refractivity contribution in [3.05, 3.63) is 190 Å². The Labute approximate surface area is 324 Å². The number of allylic oxidation sites excluding steroid dienone is 7. The largest absolute Gasteiger partial charge is 0.371 e. The number of nitrogens with zero attached hydrogens (tertiary/aromatic N) is 2. The highest BCUT2D eigenvalue weighted by Gasteiger charge is 2.36. The highest BCUT2D eigenvalue weighted by molar-refractivity contribution is 6.10. The Balaban J connectivity index is 0.959. The molecular formula is C50H47N5. The van der Waals surface area contributed by atoms with Gasteiger partial charge < -0.3 is 10.6 Å². The highest BCUT2D eigenvalue weighted by Crippen LogP contribution is 2.40. The first-order valence-electron chi connectivity index (χ1n) is 20.1. The molecule has 3 N–H and O–H groups in total. The maximum absolute atomic E-state index is 5.42. The van der Waals surface area contributed by atoms with Gasteiger partial charge in [0.15, 0.2) is 0 Å². The number of fused-ring (bicyclic) bond motifs is 2. The van der Waals surface area contributed by atoms with Crippen LogP contribution in [0.1, 0.15) is 68.3 Å². The Bertz CT molecular complexity index is 2500. The van der Waals surface area contributed by atoms with Crippen LogP contribution in [-0.2, 0) is 0 Å². The van der Waals surface area contributed by atoms with E-state index < -0.39 is 0 Å². The molecule has 2 aliphatic heterocycles. The molecule has 2 heterocycles. The highest BCUT2D eigenvalue weighted by atomic mass is 15.3. The zero-order chi connectivity index (χ0) is 36.7. The fraction of sp³-hybridized carbons (Fsp3) is 0.240. The van der Waals surface area contributed by atoms with Gasteiger partial charge in [-0.15, -0.1) is 0 Å². The molecule has 0 saturated carbocycles. The molecular weight excluding hydrogens is 671 g/mol. The minimum atomic E-state index is -0.170. The van der Waals surface area contributed by atoms with Gasteiger partial charge in [0.1, 0.15) is 12.0 Å². The van der Waals surface area contributed by atoms with E-state index in [0.717, 1.165) is 55.6 Å². The van der Waals surface area contributed by atoms with Gasteiger partial charge >= 0.3 is 0 Å². The molecule has 0 amide bonds. The molecule has 3 aliphatic carbocycles. The summed E-state index contributed by atoms with van der Waals surface area (Å²) >= 11 is 0. The molecule has 55 heavy (non-hydrogen) atoms. The van der Waals surface area contributed by atoms with Crippen LogP contribution in [0.25, 0.3) is 21.5 Å². The maximum atomic E-state index is 5.42. The maximum Gasteiger partial charge on any atom is 0.132 e. The Morgan fingerprint density at radius 3 is 2.27 bits per heavy atom. The van der Waals surface area contributed by atoms with Crippen molar-refractivity contribution in [3.63, 3.8) is 0 Å². The van der Waals surface area contributed by atoms with Crippen LogP contribution in [-0.4, -0.2) is 23.8 Å². The van der Waals surface area contributed by atoms with E-state index in [-0.39, 0.29) is 18.4 Å².